The number of nitrogens with zero attached hydrogens (tertiary/aromatic N) is 4. The number of amides is 2. The number of pyridine rings is 1. The lowest BCUT2D eigenvalue weighted by atomic mass is 10.1. The van der Waals surface area contributed by atoms with Crippen LogP contribution in [-0.2, 0) is 0 Å². The van der Waals surface area contributed by atoms with Crippen LogP contribution in [0.15, 0.2) is 42.9 Å². The summed E-state index contributed by atoms with van der Waals surface area (Å²) in [5.41, 5.74) is -0.586. The van der Waals surface area contributed by atoms with Crippen molar-refractivity contribution in [3.63, 3.8) is 0 Å². The molecule has 0 unspecified atom stereocenters. The highest BCUT2D eigenvalue weighted by molar-refractivity contribution is 6.30. The van der Waals surface area contributed by atoms with Crippen molar-refractivity contribution in [3.05, 3.63) is 70.8 Å². The van der Waals surface area contributed by atoms with Gasteiger partial charge in [0.2, 0.25) is 0 Å². The number of benzene rings is 1. The van der Waals surface area contributed by atoms with Gasteiger partial charge in [0.1, 0.15) is 17.3 Å². The van der Waals surface area contributed by atoms with E-state index in [1.807, 2.05) is 0 Å². The highest BCUT2D eigenvalue weighted by atomic mass is 35.5. The fourth-order valence-electron chi connectivity index (χ4n) is 3.33. The van der Waals surface area contributed by atoms with Crippen molar-refractivity contribution in [2.24, 2.45) is 0 Å². The number of hydrogen-bond donors (Lipinski definition) is 3. The minimum atomic E-state index is -1.25. The van der Waals surface area contributed by atoms with Crippen molar-refractivity contribution in [2.45, 2.75) is 6.42 Å². The van der Waals surface area contributed by atoms with Gasteiger partial charge in [-0.1, -0.05) is 11.6 Å². The third kappa shape index (κ3) is 6.59. The van der Waals surface area contributed by atoms with Crippen LogP contribution in [0, 0.1) is 11.6 Å². The molecule has 0 radical (unpaired) electrons. The number of halogens is 4. The Bertz CT molecular complexity index is 1190. The minimum absolute atomic E-state index is 0. The first-order valence-electron chi connectivity index (χ1n) is 10.4. The molecule has 0 saturated carbocycles. The van der Waals surface area contributed by atoms with E-state index < -0.39 is 23.4 Å². The molecule has 35 heavy (non-hydrogen) atoms. The predicted octanol–water partition coefficient (Wildman–Crippen LogP) is 3.53. The first-order valence-corrected chi connectivity index (χ1v) is 10.8. The third-order valence-electron chi connectivity index (χ3n) is 5.06. The fourth-order valence-corrected chi connectivity index (χ4v) is 3.45. The molecule has 3 N–H and O–H groups in total. The van der Waals surface area contributed by atoms with Crippen molar-refractivity contribution in [1.82, 2.24) is 20.3 Å². The SMILES string of the molecule is Cl.O=C(Nc1cc(F)c(F)cc1C(=O)Nc1ccc(Cl)cn1)c1cnc(N2CCCNCC2)cn1. The second-order valence-corrected chi connectivity index (χ2v) is 7.87. The third-order valence-corrected chi connectivity index (χ3v) is 5.28. The maximum atomic E-state index is 13.9. The highest BCUT2D eigenvalue weighted by Gasteiger charge is 2.20. The van der Waals surface area contributed by atoms with Gasteiger partial charge in [0.25, 0.3) is 11.8 Å². The first kappa shape index (κ1) is 26.2. The molecular weight excluding hydrogens is 503 g/mol. The van der Waals surface area contributed by atoms with Crippen LogP contribution in [0.25, 0.3) is 0 Å². The van der Waals surface area contributed by atoms with Gasteiger partial charge in [-0.25, -0.2) is 23.7 Å². The van der Waals surface area contributed by atoms with Crippen molar-refractivity contribution >= 4 is 53.1 Å². The lowest BCUT2D eigenvalue weighted by molar-refractivity contribution is 0.102. The molecule has 4 rings (SSSR count). The van der Waals surface area contributed by atoms with Gasteiger partial charge < -0.3 is 20.9 Å². The summed E-state index contributed by atoms with van der Waals surface area (Å²) in [6.07, 6.45) is 5.04. The Morgan fingerprint density at radius 2 is 1.74 bits per heavy atom. The second kappa shape index (κ2) is 11.8. The number of hydrogen-bond acceptors (Lipinski definition) is 7. The largest absolute Gasteiger partial charge is 0.354 e. The van der Waals surface area contributed by atoms with Gasteiger partial charge in [0.05, 0.1) is 28.7 Å². The smallest absolute Gasteiger partial charge is 0.275 e. The van der Waals surface area contributed by atoms with Crippen molar-refractivity contribution in [1.29, 1.82) is 0 Å². The summed E-state index contributed by atoms with van der Waals surface area (Å²) in [7, 11) is 0. The van der Waals surface area contributed by atoms with Gasteiger partial charge in [-0.15, -0.1) is 12.4 Å². The Balaban J connectivity index is 0.00000342. The first-order chi connectivity index (χ1) is 16.4. The molecule has 1 aromatic carbocycles. The van der Waals surface area contributed by atoms with E-state index in [1.54, 1.807) is 0 Å². The minimum Gasteiger partial charge on any atom is -0.354 e. The molecule has 0 aliphatic carbocycles. The number of nitrogens with one attached hydrogen (secondary N) is 3. The van der Waals surface area contributed by atoms with E-state index in [0.717, 1.165) is 38.7 Å². The molecule has 9 nitrogen and oxygen atoms in total. The van der Waals surface area contributed by atoms with E-state index in [2.05, 4.69) is 35.8 Å². The maximum Gasteiger partial charge on any atom is 0.275 e. The Labute approximate surface area is 210 Å². The van der Waals surface area contributed by atoms with Gasteiger partial charge in [-0.3, -0.25) is 9.59 Å². The number of aromatic nitrogens is 3. The van der Waals surface area contributed by atoms with Crippen LogP contribution < -0.4 is 20.9 Å². The molecule has 1 fully saturated rings. The van der Waals surface area contributed by atoms with Crippen LogP contribution in [0.3, 0.4) is 0 Å². The van der Waals surface area contributed by atoms with Crippen LogP contribution in [0.2, 0.25) is 5.02 Å². The predicted molar refractivity (Wildman–Crippen MR) is 130 cm³/mol. The lowest BCUT2D eigenvalue weighted by Crippen LogP contribution is -2.29. The van der Waals surface area contributed by atoms with Gasteiger partial charge in [0, 0.05) is 31.9 Å². The normalized spacial score (nSPS) is 13.4. The van der Waals surface area contributed by atoms with E-state index in [-0.39, 0.29) is 35.2 Å². The van der Waals surface area contributed by atoms with E-state index in [1.165, 1.54) is 30.7 Å². The van der Waals surface area contributed by atoms with Crippen molar-refractivity contribution < 1.29 is 18.4 Å². The lowest BCUT2D eigenvalue weighted by Gasteiger charge is -2.20. The number of anilines is 3. The molecule has 3 heterocycles. The Morgan fingerprint density at radius 3 is 2.46 bits per heavy atom. The summed E-state index contributed by atoms with van der Waals surface area (Å²) in [4.78, 5) is 39.8. The molecule has 1 saturated heterocycles. The number of carbonyl (C=O) groups is 2. The zero-order chi connectivity index (χ0) is 24.1. The highest BCUT2D eigenvalue weighted by Crippen LogP contribution is 2.22. The molecule has 184 valence electrons. The fraction of sp³-hybridized carbons (Fsp3) is 0.227. The standard InChI is InChI=1S/C22H20ClF2N7O2.ClH/c23-13-2-3-19(28-10-13)31-21(33)14-8-15(24)16(25)9-17(14)30-22(34)18-11-29-20(12-27-18)32-6-1-4-26-5-7-32;/h2-3,8-12,26H,1,4-7H2,(H,30,34)(H,28,31,33);1H. The number of rotatable bonds is 5. The quantitative estimate of drug-likeness (QED) is 0.468. The molecule has 0 atom stereocenters. The van der Waals surface area contributed by atoms with E-state index >= 15 is 0 Å². The number of carbonyl (C=O) groups excluding carboxylic acids is 2. The molecule has 1 aliphatic heterocycles. The van der Waals surface area contributed by atoms with Crippen LogP contribution in [0.5, 0.6) is 0 Å². The molecule has 13 heteroatoms. The van der Waals surface area contributed by atoms with Gasteiger partial charge >= 0.3 is 0 Å². The Morgan fingerprint density at radius 1 is 0.943 bits per heavy atom. The molecule has 2 aromatic heterocycles. The Hall–Kier alpha value is -3.41. The van der Waals surface area contributed by atoms with Crippen molar-refractivity contribution in [2.75, 3.05) is 41.7 Å². The zero-order valence-electron chi connectivity index (χ0n) is 18.2. The summed E-state index contributed by atoms with van der Waals surface area (Å²) in [6.45, 7) is 3.30. The van der Waals surface area contributed by atoms with Crippen LogP contribution >= 0.6 is 24.0 Å². The monoisotopic (exact) mass is 523 g/mol. The van der Waals surface area contributed by atoms with Crippen LogP contribution in [0.4, 0.5) is 26.1 Å². The van der Waals surface area contributed by atoms with Crippen molar-refractivity contribution in [3.8, 4) is 0 Å². The topological polar surface area (TPSA) is 112 Å². The summed E-state index contributed by atoms with van der Waals surface area (Å²) < 4.78 is 27.8. The summed E-state index contributed by atoms with van der Waals surface area (Å²) >= 11 is 5.77. The van der Waals surface area contributed by atoms with E-state index in [0.29, 0.717) is 16.9 Å². The molecule has 1 aliphatic rings. The second-order valence-electron chi connectivity index (χ2n) is 7.43. The van der Waals surface area contributed by atoms with Gasteiger partial charge in [0.15, 0.2) is 11.6 Å². The van der Waals surface area contributed by atoms with E-state index in [4.69, 9.17) is 11.6 Å². The Kier molecular flexibility index (Phi) is 8.85. The van der Waals surface area contributed by atoms with Crippen LogP contribution in [0.1, 0.15) is 27.3 Å². The summed E-state index contributed by atoms with van der Waals surface area (Å²) in [5.74, 6) is -3.25. The van der Waals surface area contributed by atoms with E-state index in [9.17, 15) is 18.4 Å². The molecule has 2 amide bonds. The molecule has 3 aromatic rings. The van der Waals surface area contributed by atoms with Gasteiger partial charge in [-0.2, -0.15) is 0 Å². The maximum absolute atomic E-state index is 13.9. The zero-order valence-corrected chi connectivity index (χ0v) is 19.8. The summed E-state index contributed by atoms with van der Waals surface area (Å²) in [6, 6.07) is 4.36. The molecule has 0 bridgehead atoms. The molecule has 0 spiro atoms. The average molecular weight is 524 g/mol. The van der Waals surface area contributed by atoms with Gasteiger partial charge in [-0.05, 0) is 31.2 Å². The average Bonchev–Trinajstić information content (AvgIpc) is 3.12. The van der Waals surface area contributed by atoms with Crippen LogP contribution in [-0.4, -0.2) is 52.9 Å². The molecular formula is C22H21Cl2F2N7O2. The summed E-state index contributed by atoms with van der Waals surface area (Å²) in [5, 5.41) is 8.50.